The van der Waals surface area contributed by atoms with E-state index in [4.69, 9.17) is 11.6 Å². The molecule has 25 heavy (non-hydrogen) atoms. The van der Waals surface area contributed by atoms with Crippen LogP contribution in [0.5, 0.6) is 0 Å². The minimum absolute atomic E-state index is 0. The van der Waals surface area contributed by atoms with Crippen LogP contribution in [-0.2, 0) is 6.18 Å². The highest BCUT2D eigenvalue weighted by atomic mass is 35.5. The van der Waals surface area contributed by atoms with Crippen LogP contribution in [-0.4, -0.2) is 31.1 Å². The SMILES string of the molecule is Cl.FC(F)(F)c1ccc([C@H](C2CCCCC2)N2CCNCC2)cc1Cl. The van der Waals surface area contributed by atoms with Crippen molar-refractivity contribution in [2.24, 2.45) is 5.92 Å². The number of benzene rings is 1. The van der Waals surface area contributed by atoms with Crippen LogP contribution in [0.4, 0.5) is 13.2 Å². The summed E-state index contributed by atoms with van der Waals surface area (Å²) in [6, 6.07) is 4.50. The van der Waals surface area contributed by atoms with Gasteiger partial charge in [0.1, 0.15) is 0 Å². The molecular weight excluding hydrogens is 372 g/mol. The molecule has 0 spiro atoms. The minimum Gasteiger partial charge on any atom is -0.314 e. The monoisotopic (exact) mass is 396 g/mol. The van der Waals surface area contributed by atoms with Gasteiger partial charge < -0.3 is 5.32 Å². The molecule has 0 bridgehead atoms. The van der Waals surface area contributed by atoms with Gasteiger partial charge in [-0.3, -0.25) is 4.90 Å². The van der Waals surface area contributed by atoms with Crippen molar-refractivity contribution in [3.63, 3.8) is 0 Å². The van der Waals surface area contributed by atoms with Crippen LogP contribution in [0.15, 0.2) is 18.2 Å². The Balaban J connectivity index is 0.00000225. The third-order valence-electron chi connectivity index (χ3n) is 5.28. The summed E-state index contributed by atoms with van der Waals surface area (Å²) in [5.41, 5.74) is 0.192. The maximum Gasteiger partial charge on any atom is 0.417 e. The van der Waals surface area contributed by atoms with E-state index in [-0.39, 0.29) is 23.5 Å². The van der Waals surface area contributed by atoms with Gasteiger partial charge in [0.05, 0.1) is 10.6 Å². The van der Waals surface area contributed by atoms with E-state index in [0.29, 0.717) is 5.92 Å². The molecule has 0 unspecified atom stereocenters. The number of nitrogens with one attached hydrogen (secondary N) is 1. The molecule has 1 aliphatic carbocycles. The summed E-state index contributed by atoms with van der Waals surface area (Å²) in [5.74, 6) is 0.504. The lowest BCUT2D eigenvalue weighted by Gasteiger charge is -2.41. The zero-order valence-corrected chi connectivity index (χ0v) is 15.7. The van der Waals surface area contributed by atoms with Gasteiger partial charge in [0.25, 0.3) is 0 Å². The van der Waals surface area contributed by atoms with Gasteiger partial charge in [0, 0.05) is 32.2 Å². The lowest BCUT2D eigenvalue weighted by atomic mass is 9.80. The summed E-state index contributed by atoms with van der Waals surface area (Å²) in [6.07, 6.45) is 1.58. The van der Waals surface area contributed by atoms with Crippen LogP contribution in [0, 0.1) is 5.92 Å². The molecule has 1 N–H and O–H groups in total. The molecule has 1 saturated heterocycles. The van der Waals surface area contributed by atoms with Crippen LogP contribution in [0.1, 0.15) is 49.3 Å². The molecule has 2 aliphatic rings. The number of nitrogens with zero attached hydrogens (tertiary/aromatic N) is 1. The van der Waals surface area contributed by atoms with Gasteiger partial charge in [-0.1, -0.05) is 36.9 Å². The molecule has 2 fully saturated rings. The Bertz CT molecular complexity index is 536. The predicted molar refractivity (Wildman–Crippen MR) is 97.5 cm³/mol. The van der Waals surface area contributed by atoms with Crippen molar-refractivity contribution in [3.05, 3.63) is 34.3 Å². The zero-order valence-electron chi connectivity index (χ0n) is 14.1. The standard InChI is InChI=1S/C18H24ClF3N2.ClH/c19-16-12-14(6-7-15(16)18(20,21)22)17(13-4-2-1-3-5-13)24-10-8-23-9-11-24;/h6-7,12-13,17,23H,1-5,8-11H2;1H/t17-;/m0./s1. The summed E-state index contributed by atoms with van der Waals surface area (Å²) in [7, 11) is 0. The van der Waals surface area contributed by atoms with E-state index in [1.807, 2.05) is 0 Å². The van der Waals surface area contributed by atoms with Crippen LogP contribution in [0.25, 0.3) is 0 Å². The van der Waals surface area contributed by atoms with E-state index in [2.05, 4.69) is 10.2 Å². The summed E-state index contributed by atoms with van der Waals surface area (Å²) in [4.78, 5) is 2.42. The van der Waals surface area contributed by atoms with E-state index in [9.17, 15) is 13.2 Å². The quantitative estimate of drug-likeness (QED) is 0.744. The minimum atomic E-state index is -4.40. The summed E-state index contributed by atoms with van der Waals surface area (Å²) in [6.45, 7) is 3.72. The Morgan fingerprint density at radius 1 is 1.08 bits per heavy atom. The molecule has 0 radical (unpaired) electrons. The van der Waals surface area contributed by atoms with Crippen LogP contribution in [0.2, 0.25) is 5.02 Å². The fraction of sp³-hybridized carbons (Fsp3) is 0.667. The normalized spacial score (nSPS) is 21.6. The number of rotatable bonds is 3. The van der Waals surface area contributed by atoms with Gasteiger partial charge in [0.2, 0.25) is 0 Å². The summed E-state index contributed by atoms with van der Waals surface area (Å²) < 4.78 is 39.0. The average Bonchev–Trinajstić information content (AvgIpc) is 2.56. The molecule has 1 heterocycles. The van der Waals surface area contributed by atoms with E-state index in [0.717, 1.165) is 50.7 Å². The largest absolute Gasteiger partial charge is 0.417 e. The molecule has 1 aromatic rings. The van der Waals surface area contributed by atoms with E-state index >= 15 is 0 Å². The third kappa shape index (κ3) is 5.03. The van der Waals surface area contributed by atoms with Crippen LogP contribution < -0.4 is 5.32 Å². The van der Waals surface area contributed by atoms with E-state index < -0.39 is 11.7 Å². The van der Waals surface area contributed by atoms with Gasteiger partial charge in [-0.15, -0.1) is 12.4 Å². The molecule has 0 aromatic heterocycles. The highest BCUT2D eigenvalue weighted by molar-refractivity contribution is 6.31. The predicted octanol–water partition coefficient (Wildman–Crippen LogP) is 5.31. The summed E-state index contributed by atoms with van der Waals surface area (Å²) in [5, 5.41) is 3.16. The number of alkyl halides is 3. The Morgan fingerprint density at radius 2 is 1.72 bits per heavy atom. The van der Waals surface area contributed by atoms with Gasteiger partial charge in [-0.05, 0) is 36.5 Å². The number of halogens is 5. The second-order valence-electron chi connectivity index (χ2n) is 6.87. The first-order valence-corrected chi connectivity index (χ1v) is 9.16. The smallest absolute Gasteiger partial charge is 0.314 e. The van der Waals surface area contributed by atoms with Gasteiger partial charge >= 0.3 is 6.18 Å². The Labute approximate surface area is 158 Å². The highest BCUT2D eigenvalue weighted by Crippen LogP contribution is 2.41. The first-order chi connectivity index (χ1) is 11.5. The second-order valence-corrected chi connectivity index (χ2v) is 7.27. The number of hydrogen-bond donors (Lipinski definition) is 1. The Hall–Kier alpha value is -0.490. The van der Waals surface area contributed by atoms with Gasteiger partial charge in [-0.2, -0.15) is 13.2 Å². The zero-order chi connectivity index (χ0) is 17.2. The van der Waals surface area contributed by atoms with E-state index in [1.165, 1.54) is 19.3 Å². The molecule has 142 valence electrons. The van der Waals surface area contributed by atoms with Crippen molar-refractivity contribution >= 4 is 24.0 Å². The molecule has 1 atom stereocenters. The van der Waals surface area contributed by atoms with Crippen molar-refractivity contribution in [2.75, 3.05) is 26.2 Å². The molecule has 1 aromatic carbocycles. The fourth-order valence-electron chi connectivity index (χ4n) is 4.14. The lowest BCUT2D eigenvalue weighted by Crippen LogP contribution is -2.47. The first kappa shape index (κ1) is 20.8. The average molecular weight is 397 g/mol. The van der Waals surface area contributed by atoms with Crippen molar-refractivity contribution in [1.29, 1.82) is 0 Å². The van der Waals surface area contributed by atoms with Gasteiger partial charge in [0.15, 0.2) is 0 Å². The van der Waals surface area contributed by atoms with Crippen LogP contribution >= 0.6 is 24.0 Å². The molecule has 0 amide bonds. The Morgan fingerprint density at radius 3 is 2.28 bits per heavy atom. The molecule has 1 saturated carbocycles. The lowest BCUT2D eigenvalue weighted by molar-refractivity contribution is -0.137. The van der Waals surface area contributed by atoms with Crippen molar-refractivity contribution in [1.82, 2.24) is 10.2 Å². The molecule has 3 rings (SSSR count). The molecule has 1 aliphatic heterocycles. The van der Waals surface area contributed by atoms with Crippen LogP contribution in [0.3, 0.4) is 0 Å². The first-order valence-electron chi connectivity index (χ1n) is 8.78. The maximum absolute atomic E-state index is 13.0. The summed E-state index contributed by atoms with van der Waals surface area (Å²) >= 11 is 5.99. The topological polar surface area (TPSA) is 15.3 Å². The van der Waals surface area contributed by atoms with Crippen molar-refractivity contribution in [3.8, 4) is 0 Å². The number of hydrogen-bond acceptors (Lipinski definition) is 2. The second kappa shape index (κ2) is 8.94. The fourth-order valence-corrected chi connectivity index (χ4v) is 4.43. The Kier molecular flexibility index (Phi) is 7.44. The molecular formula is C18H25Cl2F3N2. The third-order valence-corrected chi connectivity index (χ3v) is 5.59. The van der Waals surface area contributed by atoms with Crippen molar-refractivity contribution in [2.45, 2.75) is 44.3 Å². The number of piperazine rings is 1. The molecule has 2 nitrogen and oxygen atoms in total. The van der Waals surface area contributed by atoms with Gasteiger partial charge in [-0.25, -0.2) is 0 Å². The highest BCUT2D eigenvalue weighted by Gasteiger charge is 2.35. The molecule has 7 heteroatoms. The van der Waals surface area contributed by atoms with E-state index in [1.54, 1.807) is 12.1 Å². The maximum atomic E-state index is 13.0. The van der Waals surface area contributed by atoms with Crippen molar-refractivity contribution < 1.29 is 13.2 Å².